The second-order valence-electron chi connectivity index (χ2n) is 10.6. The van der Waals surface area contributed by atoms with E-state index in [0.29, 0.717) is 29.9 Å². The third-order valence-corrected chi connectivity index (χ3v) is 6.90. The van der Waals surface area contributed by atoms with Crippen LogP contribution in [-0.2, 0) is 18.9 Å². The smallest absolute Gasteiger partial charge is 0.342 e. The number of rotatable bonds is 5. The summed E-state index contributed by atoms with van der Waals surface area (Å²) in [5.74, 6) is -2.03. The number of cyclic esters (lactones) is 1. The van der Waals surface area contributed by atoms with Gasteiger partial charge in [0.15, 0.2) is 5.79 Å². The number of benzene rings is 2. The maximum Gasteiger partial charge on any atom is 0.342 e. The van der Waals surface area contributed by atoms with E-state index in [9.17, 15) is 14.7 Å². The Morgan fingerprint density at radius 1 is 1.10 bits per heavy atom. The van der Waals surface area contributed by atoms with Crippen molar-refractivity contribution in [1.82, 2.24) is 0 Å². The van der Waals surface area contributed by atoms with Gasteiger partial charge in [-0.1, -0.05) is 50.3 Å². The van der Waals surface area contributed by atoms with Gasteiger partial charge in [-0.15, -0.1) is 0 Å². The molecule has 2 aromatic rings. The molecule has 40 heavy (non-hydrogen) atoms. The van der Waals surface area contributed by atoms with Crippen molar-refractivity contribution < 1.29 is 38.4 Å². The Labute approximate surface area is 235 Å². The zero-order valence-electron chi connectivity index (χ0n) is 23.7. The van der Waals surface area contributed by atoms with Crippen LogP contribution in [0.2, 0.25) is 0 Å². The third-order valence-electron chi connectivity index (χ3n) is 6.90. The molecule has 4 rings (SSSR count). The standard InChI is InChI=1S/C32H38O8/c1-6-17-36-24-18-23-13-10-14-27-29(40-32(4,5)39-27)26(38-30(34)22-11-8-7-9-12-22)16-15-20(2)21(3)37-31(35)28(23)25(33)19-24/h7-13,15-16,18-21,26-27,29,33H,6,14,17H2,1-5H3/t20-,21+,26?,27?,29?/m1/s1. The Balaban J connectivity index is 1.71. The lowest BCUT2D eigenvalue weighted by Gasteiger charge is -2.25. The predicted octanol–water partition coefficient (Wildman–Crippen LogP) is 6.08. The van der Waals surface area contributed by atoms with Gasteiger partial charge in [0, 0.05) is 12.0 Å². The highest BCUT2D eigenvalue weighted by atomic mass is 16.8. The zero-order valence-corrected chi connectivity index (χ0v) is 23.7. The first kappa shape index (κ1) is 29.4. The van der Waals surface area contributed by atoms with Crippen LogP contribution in [0.1, 0.15) is 73.7 Å². The van der Waals surface area contributed by atoms with Crippen LogP contribution in [0.25, 0.3) is 6.08 Å². The number of ether oxygens (including phenoxy) is 5. The molecule has 8 nitrogen and oxygen atoms in total. The fourth-order valence-electron chi connectivity index (χ4n) is 4.69. The van der Waals surface area contributed by atoms with Crippen molar-refractivity contribution in [2.45, 2.75) is 77.7 Å². The molecule has 2 aliphatic rings. The first-order valence-electron chi connectivity index (χ1n) is 13.7. The van der Waals surface area contributed by atoms with Crippen LogP contribution < -0.4 is 4.74 Å². The van der Waals surface area contributed by atoms with E-state index in [-0.39, 0.29) is 17.2 Å². The first-order valence-corrected chi connectivity index (χ1v) is 13.7. The molecule has 2 aromatic carbocycles. The van der Waals surface area contributed by atoms with Gasteiger partial charge in [-0.3, -0.25) is 0 Å². The number of hydrogen-bond donors (Lipinski definition) is 1. The second kappa shape index (κ2) is 12.7. The van der Waals surface area contributed by atoms with Crippen molar-refractivity contribution in [3.8, 4) is 11.5 Å². The number of aromatic hydroxyl groups is 1. The minimum absolute atomic E-state index is 0.0651. The lowest BCUT2D eigenvalue weighted by Crippen LogP contribution is -2.37. The largest absolute Gasteiger partial charge is 0.507 e. The van der Waals surface area contributed by atoms with Crippen LogP contribution in [0.15, 0.2) is 60.7 Å². The molecular weight excluding hydrogens is 512 g/mol. The Kier molecular flexibility index (Phi) is 9.32. The van der Waals surface area contributed by atoms with E-state index in [0.717, 1.165) is 6.42 Å². The third kappa shape index (κ3) is 7.11. The van der Waals surface area contributed by atoms with Crippen LogP contribution in [0, 0.1) is 5.92 Å². The minimum atomic E-state index is -0.905. The molecule has 1 saturated heterocycles. The van der Waals surface area contributed by atoms with Gasteiger partial charge in [-0.2, -0.15) is 0 Å². The van der Waals surface area contributed by atoms with E-state index in [4.69, 9.17) is 23.7 Å². The van der Waals surface area contributed by atoms with E-state index in [1.54, 1.807) is 49.4 Å². The lowest BCUT2D eigenvalue weighted by molar-refractivity contribution is -0.152. The van der Waals surface area contributed by atoms with Gasteiger partial charge >= 0.3 is 11.9 Å². The van der Waals surface area contributed by atoms with Crippen LogP contribution >= 0.6 is 0 Å². The summed E-state index contributed by atoms with van der Waals surface area (Å²) in [5.41, 5.74) is 0.957. The molecular formula is C32H38O8. The summed E-state index contributed by atoms with van der Waals surface area (Å²) < 4.78 is 29.9. The van der Waals surface area contributed by atoms with Crippen molar-refractivity contribution in [3.05, 3.63) is 77.4 Å². The highest BCUT2D eigenvalue weighted by Gasteiger charge is 2.45. The van der Waals surface area contributed by atoms with Crippen molar-refractivity contribution in [2.24, 2.45) is 5.92 Å². The number of esters is 2. The van der Waals surface area contributed by atoms with Gasteiger partial charge in [0.1, 0.15) is 35.4 Å². The molecule has 0 saturated carbocycles. The van der Waals surface area contributed by atoms with Crippen LogP contribution in [0.4, 0.5) is 0 Å². The molecule has 0 amide bonds. The number of phenolic OH excluding ortho intramolecular Hbond substituents is 1. The van der Waals surface area contributed by atoms with Crippen molar-refractivity contribution >= 4 is 18.0 Å². The monoisotopic (exact) mass is 550 g/mol. The average molecular weight is 551 g/mol. The Hall–Kier alpha value is -3.62. The molecule has 0 aromatic heterocycles. The van der Waals surface area contributed by atoms with Crippen LogP contribution in [0.5, 0.6) is 11.5 Å². The van der Waals surface area contributed by atoms with Crippen molar-refractivity contribution in [1.29, 1.82) is 0 Å². The topological polar surface area (TPSA) is 101 Å². The first-order chi connectivity index (χ1) is 19.1. The molecule has 3 unspecified atom stereocenters. The van der Waals surface area contributed by atoms with Gasteiger partial charge in [0.2, 0.25) is 0 Å². The number of fused-ring (bicyclic) bond motifs is 2. The highest BCUT2D eigenvalue weighted by molar-refractivity contribution is 5.97. The summed E-state index contributed by atoms with van der Waals surface area (Å²) in [7, 11) is 0. The van der Waals surface area contributed by atoms with Gasteiger partial charge < -0.3 is 28.8 Å². The van der Waals surface area contributed by atoms with E-state index in [1.165, 1.54) is 6.07 Å². The summed E-state index contributed by atoms with van der Waals surface area (Å²) in [4.78, 5) is 26.2. The summed E-state index contributed by atoms with van der Waals surface area (Å²) in [6, 6.07) is 11.9. The van der Waals surface area contributed by atoms with Crippen molar-refractivity contribution in [2.75, 3.05) is 6.61 Å². The molecule has 2 heterocycles. The molecule has 8 heteroatoms. The minimum Gasteiger partial charge on any atom is -0.507 e. The van der Waals surface area contributed by atoms with Crippen LogP contribution in [-0.4, -0.2) is 53.9 Å². The lowest BCUT2D eigenvalue weighted by atomic mass is 9.98. The molecule has 2 aliphatic heterocycles. The predicted molar refractivity (Wildman–Crippen MR) is 150 cm³/mol. The average Bonchev–Trinajstić information content (AvgIpc) is 3.23. The molecule has 0 aliphatic carbocycles. The molecule has 1 N–H and O–H groups in total. The number of phenols is 1. The molecule has 5 atom stereocenters. The normalized spacial score (nSPS) is 26.2. The van der Waals surface area contributed by atoms with Gasteiger partial charge in [0.25, 0.3) is 0 Å². The SMILES string of the molecule is CCCOc1cc(O)c2c(c1)C=CCC1OC(C)(C)OC1C(OC(=O)c1ccccc1)C=C[C@@H](C)[C@H](C)OC2=O. The Bertz CT molecular complexity index is 1250. The van der Waals surface area contributed by atoms with Gasteiger partial charge in [-0.25, -0.2) is 9.59 Å². The molecule has 0 radical (unpaired) electrons. The Morgan fingerprint density at radius 2 is 1.85 bits per heavy atom. The highest BCUT2D eigenvalue weighted by Crippen LogP contribution is 2.35. The zero-order chi connectivity index (χ0) is 28.9. The van der Waals surface area contributed by atoms with E-state index in [2.05, 4.69) is 0 Å². The van der Waals surface area contributed by atoms with E-state index >= 15 is 0 Å². The van der Waals surface area contributed by atoms with Gasteiger partial charge in [0.05, 0.1) is 18.3 Å². The fourth-order valence-corrected chi connectivity index (χ4v) is 4.69. The van der Waals surface area contributed by atoms with Gasteiger partial charge in [-0.05, 0) is 63.5 Å². The summed E-state index contributed by atoms with van der Waals surface area (Å²) >= 11 is 0. The Morgan fingerprint density at radius 3 is 2.58 bits per heavy atom. The summed E-state index contributed by atoms with van der Waals surface area (Å²) in [6.45, 7) is 9.77. The summed E-state index contributed by atoms with van der Waals surface area (Å²) in [5, 5.41) is 10.8. The summed E-state index contributed by atoms with van der Waals surface area (Å²) in [6.07, 6.45) is 6.04. The second-order valence-corrected chi connectivity index (χ2v) is 10.6. The molecule has 1 fully saturated rings. The van der Waals surface area contributed by atoms with Crippen molar-refractivity contribution in [3.63, 3.8) is 0 Å². The maximum absolute atomic E-state index is 13.2. The molecule has 0 bridgehead atoms. The molecule has 214 valence electrons. The van der Waals surface area contributed by atoms with E-state index in [1.807, 2.05) is 45.9 Å². The number of hydrogen-bond acceptors (Lipinski definition) is 8. The van der Waals surface area contributed by atoms with E-state index < -0.39 is 42.1 Å². The number of carbonyl (C=O) groups excluding carboxylic acids is 2. The quantitative estimate of drug-likeness (QED) is 0.353. The number of carbonyl (C=O) groups is 2. The fraction of sp³-hybridized carbons (Fsp3) is 0.438. The molecule has 0 spiro atoms. The van der Waals surface area contributed by atoms with Crippen LogP contribution in [0.3, 0.4) is 0 Å². The maximum atomic E-state index is 13.2.